The zero-order valence-corrected chi connectivity index (χ0v) is 29.5. The van der Waals surface area contributed by atoms with Crippen molar-refractivity contribution in [3.05, 3.63) is 65.7 Å². The van der Waals surface area contributed by atoms with Gasteiger partial charge in [0, 0.05) is 12.0 Å². The average Bonchev–Trinajstić information content (AvgIpc) is 3.20. The maximum Gasteiger partial charge on any atom is 0.337 e. The van der Waals surface area contributed by atoms with Crippen molar-refractivity contribution in [2.45, 2.75) is 71.2 Å². The van der Waals surface area contributed by atoms with E-state index in [0.29, 0.717) is 47.6 Å². The van der Waals surface area contributed by atoms with Gasteiger partial charge in [-0.2, -0.15) is 0 Å². The van der Waals surface area contributed by atoms with E-state index in [4.69, 9.17) is 19.9 Å². The summed E-state index contributed by atoms with van der Waals surface area (Å²) in [5, 5.41) is 7.16. The predicted molar refractivity (Wildman–Crippen MR) is 190 cm³/mol. The smallest absolute Gasteiger partial charge is 0.337 e. The van der Waals surface area contributed by atoms with Crippen molar-refractivity contribution in [3.8, 4) is 5.75 Å². The number of nitrogens with one attached hydrogen (secondary N) is 2. The summed E-state index contributed by atoms with van der Waals surface area (Å²) in [5.74, 6) is -1.70. The number of fused-ring (bicyclic) bond motifs is 2. The molecule has 4 N–H and O–H groups in total. The number of unbranched alkanes of at least 4 members (excludes halogenated alkanes) is 1. The number of carbonyl (C=O) groups is 5. The highest BCUT2D eigenvalue weighted by molar-refractivity contribution is 6.08. The molecular formula is C37H47N5O8. The summed E-state index contributed by atoms with van der Waals surface area (Å²) in [4.78, 5) is 69.5. The topological polar surface area (TPSA) is 170 Å². The monoisotopic (exact) mass is 689 g/mol. The number of para-hydroxylation sites is 2. The van der Waals surface area contributed by atoms with Crippen molar-refractivity contribution in [2.75, 3.05) is 43.7 Å². The van der Waals surface area contributed by atoms with E-state index >= 15 is 0 Å². The fourth-order valence-corrected chi connectivity index (χ4v) is 5.78. The number of amides is 3. The number of hydrogen-bond donors (Lipinski definition) is 3. The number of rotatable bonds is 13. The highest BCUT2D eigenvalue weighted by Crippen LogP contribution is 2.37. The van der Waals surface area contributed by atoms with Crippen LogP contribution in [0.15, 0.2) is 54.6 Å². The molecular weight excluding hydrogens is 642 g/mol. The Morgan fingerprint density at radius 3 is 2.38 bits per heavy atom. The summed E-state index contributed by atoms with van der Waals surface area (Å²) in [6.45, 7) is 6.95. The third-order valence-corrected chi connectivity index (χ3v) is 8.27. The number of anilines is 2. The van der Waals surface area contributed by atoms with Gasteiger partial charge in [0.15, 0.2) is 0 Å². The van der Waals surface area contributed by atoms with Crippen LogP contribution in [0.25, 0.3) is 10.8 Å². The summed E-state index contributed by atoms with van der Waals surface area (Å²) in [5.41, 5.74) is 7.01. The molecule has 13 heteroatoms. The van der Waals surface area contributed by atoms with E-state index in [-0.39, 0.29) is 32.0 Å². The van der Waals surface area contributed by atoms with E-state index < -0.39 is 41.4 Å². The molecule has 0 spiro atoms. The molecule has 2 atom stereocenters. The number of benzene rings is 3. The standard InChI is InChI=1S/C37H47N5O8/c1-23(39-20-33(44)50-37(2,3)4)34(45)40-28-22-41(32(43)13-9-10-18-38)29-11-7-8-12-30(29)42(35(28)46)21-27-26-16-14-25(36(47)49-6)19-24(26)15-17-31(27)48-5/h7-8,11-12,14-17,19,23,28,39H,9-10,13,18,20-22,38H2,1-6H3,(H,40,45)/t23-,28-/m0/s1. The van der Waals surface area contributed by atoms with E-state index in [0.717, 1.165) is 10.8 Å². The molecule has 3 aromatic carbocycles. The summed E-state index contributed by atoms with van der Waals surface area (Å²) in [7, 11) is 2.84. The van der Waals surface area contributed by atoms with Gasteiger partial charge in [-0.15, -0.1) is 0 Å². The predicted octanol–water partition coefficient (Wildman–Crippen LogP) is 3.45. The molecule has 268 valence electrons. The number of esters is 2. The minimum atomic E-state index is -1.15. The van der Waals surface area contributed by atoms with Crippen LogP contribution in [0.2, 0.25) is 0 Å². The van der Waals surface area contributed by atoms with Gasteiger partial charge in [0.1, 0.15) is 17.4 Å². The normalized spacial score (nSPS) is 15.2. The molecule has 0 aliphatic carbocycles. The molecule has 1 heterocycles. The number of ether oxygens (including phenoxy) is 3. The van der Waals surface area contributed by atoms with E-state index in [9.17, 15) is 24.0 Å². The van der Waals surface area contributed by atoms with Crippen molar-refractivity contribution in [3.63, 3.8) is 0 Å². The maximum atomic E-state index is 14.6. The Morgan fingerprint density at radius 1 is 1.00 bits per heavy atom. The van der Waals surface area contributed by atoms with Gasteiger partial charge in [0.25, 0.3) is 5.91 Å². The molecule has 4 rings (SSSR count). The highest BCUT2D eigenvalue weighted by atomic mass is 16.6. The SMILES string of the molecule is COC(=O)c1ccc2c(CN3C(=O)[C@@H](NC(=O)[C@H](C)NCC(=O)OC(C)(C)C)CN(C(=O)CCCCN)c4ccccc43)c(OC)ccc2c1. The fraction of sp³-hybridized carbons (Fsp3) is 0.432. The average molecular weight is 690 g/mol. The molecule has 1 aliphatic rings. The first kappa shape index (κ1) is 37.8. The van der Waals surface area contributed by atoms with Crippen molar-refractivity contribution in [2.24, 2.45) is 5.73 Å². The summed E-state index contributed by atoms with van der Waals surface area (Å²) in [6, 6.07) is 13.8. The molecule has 0 saturated heterocycles. The second-order valence-electron chi connectivity index (χ2n) is 13.1. The van der Waals surface area contributed by atoms with Crippen molar-refractivity contribution in [1.82, 2.24) is 10.6 Å². The van der Waals surface area contributed by atoms with Gasteiger partial charge in [-0.25, -0.2) is 4.79 Å². The Morgan fingerprint density at radius 2 is 1.72 bits per heavy atom. The Kier molecular flexibility index (Phi) is 12.5. The van der Waals surface area contributed by atoms with Crippen LogP contribution in [0.1, 0.15) is 62.9 Å². The van der Waals surface area contributed by atoms with Gasteiger partial charge < -0.3 is 35.1 Å². The first-order chi connectivity index (χ1) is 23.8. The molecule has 0 fully saturated rings. The second-order valence-corrected chi connectivity index (χ2v) is 13.1. The van der Waals surface area contributed by atoms with Crippen LogP contribution in [0.5, 0.6) is 5.75 Å². The van der Waals surface area contributed by atoms with Gasteiger partial charge in [0.05, 0.1) is 56.8 Å². The Hall–Kier alpha value is -5.01. The van der Waals surface area contributed by atoms with Gasteiger partial charge >= 0.3 is 11.9 Å². The molecule has 50 heavy (non-hydrogen) atoms. The van der Waals surface area contributed by atoms with Crippen LogP contribution in [0.3, 0.4) is 0 Å². The van der Waals surface area contributed by atoms with Gasteiger partial charge in [-0.3, -0.25) is 24.5 Å². The number of nitrogens with zero attached hydrogens (tertiary/aromatic N) is 2. The van der Waals surface area contributed by atoms with Crippen LogP contribution >= 0.6 is 0 Å². The third kappa shape index (κ3) is 9.16. The van der Waals surface area contributed by atoms with Crippen molar-refractivity contribution < 1.29 is 38.2 Å². The molecule has 0 aromatic heterocycles. The van der Waals surface area contributed by atoms with E-state index in [1.165, 1.54) is 24.0 Å². The van der Waals surface area contributed by atoms with E-state index in [1.54, 1.807) is 76.2 Å². The minimum Gasteiger partial charge on any atom is -0.496 e. The number of carbonyl (C=O) groups excluding carboxylic acids is 5. The lowest BCUT2D eigenvalue weighted by Gasteiger charge is -2.27. The fourth-order valence-electron chi connectivity index (χ4n) is 5.78. The maximum absolute atomic E-state index is 14.6. The van der Waals surface area contributed by atoms with E-state index in [2.05, 4.69) is 10.6 Å². The zero-order chi connectivity index (χ0) is 36.6. The van der Waals surface area contributed by atoms with Crippen LogP contribution < -0.4 is 30.9 Å². The lowest BCUT2D eigenvalue weighted by Crippen LogP contribution is -2.56. The summed E-state index contributed by atoms with van der Waals surface area (Å²) >= 11 is 0. The van der Waals surface area contributed by atoms with Gasteiger partial charge in [0.2, 0.25) is 11.8 Å². The van der Waals surface area contributed by atoms with Crippen LogP contribution in [-0.2, 0) is 35.2 Å². The molecule has 0 radical (unpaired) electrons. The van der Waals surface area contributed by atoms with Crippen LogP contribution in [-0.4, -0.2) is 81.2 Å². The third-order valence-electron chi connectivity index (χ3n) is 8.27. The quantitative estimate of drug-likeness (QED) is 0.179. The largest absolute Gasteiger partial charge is 0.496 e. The van der Waals surface area contributed by atoms with Crippen molar-refractivity contribution >= 4 is 51.8 Å². The highest BCUT2D eigenvalue weighted by Gasteiger charge is 2.38. The number of hydrogen-bond acceptors (Lipinski definition) is 10. The molecule has 0 bridgehead atoms. The summed E-state index contributed by atoms with van der Waals surface area (Å²) in [6.07, 6.45) is 1.43. The van der Waals surface area contributed by atoms with E-state index in [1.807, 2.05) is 6.07 Å². The molecule has 0 saturated carbocycles. The molecule has 3 amide bonds. The van der Waals surface area contributed by atoms with Gasteiger partial charge in [-0.05, 0) is 88.2 Å². The molecule has 0 unspecified atom stereocenters. The Bertz CT molecular complexity index is 1740. The lowest BCUT2D eigenvalue weighted by molar-refractivity contribution is -0.153. The minimum absolute atomic E-state index is 0.0158. The van der Waals surface area contributed by atoms with Crippen LogP contribution in [0, 0.1) is 0 Å². The van der Waals surface area contributed by atoms with Crippen molar-refractivity contribution in [1.29, 1.82) is 0 Å². The first-order valence-corrected chi connectivity index (χ1v) is 16.6. The number of nitrogens with two attached hydrogens (primary N) is 1. The zero-order valence-electron chi connectivity index (χ0n) is 29.5. The van der Waals surface area contributed by atoms with Crippen LogP contribution in [0.4, 0.5) is 11.4 Å². The lowest BCUT2D eigenvalue weighted by atomic mass is 10.00. The summed E-state index contributed by atoms with van der Waals surface area (Å²) < 4.78 is 16.0. The molecule has 13 nitrogen and oxygen atoms in total. The van der Waals surface area contributed by atoms with Gasteiger partial charge in [-0.1, -0.05) is 24.3 Å². The Balaban J connectivity index is 1.73. The molecule has 3 aromatic rings. The second kappa shape index (κ2) is 16.6. The molecule has 1 aliphatic heterocycles. The number of methoxy groups -OCH3 is 2. The Labute approximate surface area is 292 Å². The first-order valence-electron chi connectivity index (χ1n) is 16.6.